The monoisotopic (exact) mass is 413 g/mol. The van der Waals surface area contributed by atoms with Crippen LogP contribution in [0.15, 0.2) is 24.3 Å². The molecule has 0 radical (unpaired) electrons. The van der Waals surface area contributed by atoms with Crippen molar-refractivity contribution < 1.29 is 9.53 Å². The number of likely N-dealkylation sites (tertiary alicyclic amines) is 2. The highest BCUT2D eigenvalue weighted by atomic mass is 16.6. The summed E-state index contributed by atoms with van der Waals surface area (Å²) in [4.78, 5) is 16.9. The third kappa shape index (κ3) is 5.00. The molecule has 30 heavy (non-hydrogen) atoms. The zero-order valence-electron chi connectivity index (χ0n) is 19.2. The fraction of sp³-hybridized carbons (Fsp3) is 0.720. The van der Waals surface area contributed by atoms with Gasteiger partial charge in [0.25, 0.3) is 0 Å². The summed E-state index contributed by atoms with van der Waals surface area (Å²) in [6.07, 6.45) is 6.23. The molecule has 2 N–H and O–H groups in total. The summed E-state index contributed by atoms with van der Waals surface area (Å²) >= 11 is 0. The van der Waals surface area contributed by atoms with Crippen molar-refractivity contribution in [2.75, 3.05) is 26.2 Å². The van der Waals surface area contributed by atoms with Gasteiger partial charge in [0, 0.05) is 30.6 Å². The molecule has 1 unspecified atom stereocenters. The van der Waals surface area contributed by atoms with E-state index in [9.17, 15) is 4.79 Å². The van der Waals surface area contributed by atoms with Gasteiger partial charge in [-0.1, -0.05) is 37.1 Å². The quantitative estimate of drug-likeness (QED) is 0.747. The van der Waals surface area contributed by atoms with Crippen LogP contribution in [0.5, 0.6) is 0 Å². The molecule has 5 nitrogen and oxygen atoms in total. The Labute approximate surface area is 181 Å². The lowest BCUT2D eigenvalue weighted by Gasteiger charge is -2.54. The molecule has 2 saturated heterocycles. The van der Waals surface area contributed by atoms with Crippen LogP contribution in [0.2, 0.25) is 0 Å². The van der Waals surface area contributed by atoms with Gasteiger partial charge in [-0.2, -0.15) is 0 Å². The number of nitrogens with zero attached hydrogens (tertiary/aromatic N) is 2. The second-order valence-corrected chi connectivity index (χ2v) is 11.0. The van der Waals surface area contributed by atoms with Crippen molar-refractivity contribution in [2.24, 2.45) is 17.1 Å². The molecule has 2 heterocycles. The van der Waals surface area contributed by atoms with Crippen LogP contribution in [0.1, 0.15) is 83.0 Å². The minimum Gasteiger partial charge on any atom is -0.444 e. The number of rotatable bonds is 5. The molecule has 1 amide bonds. The first-order valence-corrected chi connectivity index (χ1v) is 11.7. The number of hydrogen-bond donors (Lipinski definition) is 1. The predicted octanol–water partition coefficient (Wildman–Crippen LogP) is 4.88. The summed E-state index contributed by atoms with van der Waals surface area (Å²) in [5, 5.41) is 0. The first-order valence-electron chi connectivity index (χ1n) is 11.7. The van der Waals surface area contributed by atoms with Crippen LogP contribution >= 0.6 is 0 Å². The molecule has 1 aromatic rings. The van der Waals surface area contributed by atoms with E-state index in [0.717, 1.165) is 32.1 Å². The molecule has 4 rings (SSSR count). The predicted molar refractivity (Wildman–Crippen MR) is 120 cm³/mol. The molecule has 1 aliphatic carbocycles. The molecular formula is C25H39N3O2. The fourth-order valence-corrected chi connectivity index (χ4v) is 5.03. The minimum absolute atomic E-state index is 0.0855. The molecule has 0 bridgehead atoms. The molecule has 1 saturated carbocycles. The summed E-state index contributed by atoms with van der Waals surface area (Å²) < 4.78 is 5.54. The van der Waals surface area contributed by atoms with E-state index in [4.69, 9.17) is 10.5 Å². The zero-order chi connectivity index (χ0) is 21.5. The highest BCUT2D eigenvalue weighted by Gasteiger charge is 2.48. The Bertz CT molecular complexity index is 733. The maximum absolute atomic E-state index is 12.3. The summed E-state index contributed by atoms with van der Waals surface area (Å²) in [5.41, 5.74) is 8.57. The standard InChI is InChI=1S/C25H39N3O2/c1-18(26)20-7-9-21(10-8-20)22(15-19-5-6-19)27-13-11-25(12-14-27)16-28(17-25)23(29)30-24(2,3)4/h7-10,18-19,22H,5-6,11-17,26H2,1-4H3/t18-,22?/m0/s1. The molecule has 2 atom stereocenters. The summed E-state index contributed by atoms with van der Waals surface area (Å²) in [6, 6.07) is 9.60. The average molecular weight is 414 g/mol. The number of carbonyl (C=O) groups excluding carboxylic acids is 1. The number of benzene rings is 1. The van der Waals surface area contributed by atoms with Crippen molar-refractivity contribution in [3.8, 4) is 0 Å². The van der Waals surface area contributed by atoms with Gasteiger partial charge in [0.05, 0.1) is 0 Å². The Morgan fingerprint density at radius 3 is 2.20 bits per heavy atom. The minimum atomic E-state index is -0.420. The van der Waals surface area contributed by atoms with Gasteiger partial charge in [0.15, 0.2) is 0 Å². The normalized spacial score (nSPS) is 23.7. The molecule has 166 valence electrons. The Morgan fingerprint density at radius 1 is 1.13 bits per heavy atom. The largest absolute Gasteiger partial charge is 0.444 e. The Kier molecular flexibility index (Phi) is 5.88. The van der Waals surface area contributed by atoms with E-state index in [1.165, 1.54) is 43.2 Å². The lowest BCUT2D eigenvalue weighted by molar-refractivity contribution is -0.0647. The highest BCUT2D eigenvalue weighted by molar-refractivity contribution is 5.69. The first-order chi connectivity index (χ1) is 14.1. The van der Waals surface area contributed by atoms with Gasteiger partial charge < -0.3 is 15.4 Å². The molecular weight excluding hydrogens is 374 g/mol. The van der Waals surface area contributed by atoms with Gasteiger partial charge in [-0.05, 0) is 77.1 Å². The van der Waals surface area contributed by atoms with Gasteiger partial charge in [0.1, 0.15) is 5.60 Å². The van der Waals surface area contributed by atoms with E-state index in [2.05, 4.69) is 29.2 Å². The van der Waals surface area contributed by atoms with E-state index < -0.39 is 5.60 Å². The second kappa shape index (κ2) is 8.16. The van der Waals surface area contributed by atoms with Gasteiger partial charge in [-0.25, -0.2) is 4.79 Å². The van der Waals surface area contributed by atoms with Crippen LogP contribution < -0.4 is 5.73 Å². The molecule has 0 aromatic heterocycles. The summed E-state index contributed by atoms with van der Waals surface area (Å²) in [6.45, 7) is 11.8. The van der Waals surface area contributed by atoms with Crippen molar-refractivity contribution in [2.45, 2.75) is 77.5 Å². The lowest BCUT2D eigenvalue weighted by atomic mass is 9.71. The Hall–Kier alpha value is -1.59. The van der Waals surface area contributed by atoms with Crippen LogP contribution in [0.25, 0.3) is 0 Å². The summed E-state index contributed by atoms with van der Waals surface area (Å²) in [5.74, 6) is 0.894. The van der Waals surface area contributed by atoms with Gasteiger partial charge >= 0.3 is 6.09 Å². The maximum atomic E-state index is 12.3. The van der Waals surface area contributed by atoms with Crippen molar-refractivity contribution in [1.29, 1.82) is 0 Å². The van der Waals surface area contributed by atoms with Crippen molar-refractivity contribution in [1.82, 2.24) is 9.80 Å². The average Bonchev–Trinajstić information content (AvgIpc) is 3.47. The van der Waals surface area contributed by atoms with Gasteiger partial charge in [-0.3, -0.25) is 4.90 Å². The fourth-order valence-electron chi connectivity index (χ4n) is 5.03. The smallest absolute Gasteiger partial charge is 0.410 e. The Morgan fingerprint density at radius 2 is 1.70 bits per heavy atom. The topological polar surface area (TPSA) is 58.8 Å². The zero-order valence-corrected chi connectivity index (χ0v) is 19.2. The highest BCUT2D eigenvalue weighted by Crippen LogP contribution is 2.45. The number of carbonyl (C=O) groups is 1. The maximum Gasteiger partial charge on any atom is 0.410 e. The molecule has 5 heteroatoms. The van der Waals surface area contributed by atoms with Crippen molar-refractivity contribution in [3.63, 3.8) is 0 Å². The van der Waals surface area contributed by atoms with E-state index in [-0.39, 0.29) is 12.1 Å². The van der Waals surface area contributed by atoms with Crippen LogP contribution in [-0.2, 0) is 4.74 Å². The first kappa shape index (κ1) is 21.6. The number of nitrogens with two attached hydrogens (primary N) is 1. The van der Waals surface area contributed by atoms with E-state index in [1.807, 2.05) is 32.6 Å². The van der Waals surface area contributed by atoms with Gasteiger partial charge in [-0.15, -0.1) is 0 Å². The number of hydrogen-bond acceptors (Lipinski definition) is 4. The van der Waals surface area contributed by atoms with Crippen molar-refractivity contribution >= 4 is 6.09 Å². The Balaban J connectivity index is 1.35. The number of amides is 1. The molecule has 2 aliphatic heterocycles. The van der Waals surface area contributed by atoms with Gasteiger partial charge in [0.2, 0.25) is 0 Å². The van der Waals surface area contributed by atoms with Crippen molar-refractivity contribution in [3.05, 3.63) is 35.4 Å². The molecule has 3 aliphatic rings. The lowest BCUT2D eigenvalue weighted by Crippen LogP contribution is -2.62. The third-order valence-corrected chi connectivity index (χ3v) is 7.10. The van der Waals surface area contributed by atoms with Crippen LogP contribution in [-0.4, -0.2) is 47.7 Å². The van der Waals surface area contributed by atoms with Crippen LogP contribution in [0.3, 0.4) is 0 Å². The molecule has 1 aromatic carbocycles. The number of ether oxygens (including phenoxy) is 1. The van der Waals surface area contributed by atoms with E-state index in [0.29, 0.717) is 11.5 Å². The third-order valence-electron chi connectivity index (χ3n) is 7.10. The second-order valence-electron chi connectivity index (χ2n) is 11.0. The van der Waals surface area contributed by atoms with E-state index in [1.54, 1.807) is 0 Å². The SMILES string of the molecule is C[C@H](N)c1ccc(C(CC2CC2)N2CCC3(CC2)CN(C(=O)OC(C)(C)C)C3)cc1. The number of piperidine rings is 1. The van der Waals surface area contributed by atoms with E-state index >= 15 is 0 Å². The summed E-state index contributed by atoms with van der Waals surface area (Å²) in [7, 11) is 0. The van der Waals surface area contributed by atoms with Crippen LogP contribution in [0.4, 0.5) is 4.79 Å². The molecule has 1 spiro atoms. The van der Waals surface area contributed by atoms with Crippen LogP contribution in [0, 0.1) is 11.3 Å². The molecule has 3 fully saturated rings.